The Labute approximate surface area is 90.1 Å². The quantitative estimate of drug-likeness (QED) is 0.781. The first kappa shape index (κ1) is 11.7. The highest BCUT2D eigenvalue weighted by Crippen LogP contribution is 2.16. The third-order valence-corrected chi connectivity index (χ3v) is 2.36. The Bertz CT molecular complexity index is 338. The largest absolute Gasteiger partial charge is 0.383 e. The summed E-state index contributed by atoms with van der Waals surface area (Å²) in [7, 11) is 1.68. The number of nitrogens with zero attached hydrogens (tertiary/aromatic N) is 2. The van der Waals surface area contributed by atoms with Gasteiger partial charge in [0.05, 0.1) is 5.60 Å². The van der Waals surface area contributed by atoms with E-state index in [1.165, 1.54) is 6.33 Å². The Hall–Kier alpha value is -1.36. The molecule has 3 N–H and O–H groups in total. The van der Waals surface area contributed by atoms with Crippen molar-refractivity contribution >= 4 is 11.6 Å². The van der Waals surface area contributed by atoms with E-state index in [9.17, 15) is 0 Å². The van der Waals surface area contributed by atoms with E-state index in [1.54, 1.807) is 7.11 Å². The van der Waals surface area contributed by atoms with Crippen LogP contribution >= 0.6 is 0 Å². The summed E-state index contributed by atoms with van der Waals surface area (Å²) in [6.07, 6.45) is 1.45. The summed E-state index contributed by atoms with van der Waals surface area (Å²) < 4.78 is 5.29. The maximum atomic E-state index is 5.67. The zero-order valence-corrected chi connectivity index (χ0v) is 9.66. The van der Waals surface area contributed by atoms with Gasteiger partial charge in [-0.2, -0.15) is 0 Å². The molecule has 5 nitrogen and oxygen atoms in total. The Kier molecular flexibility index (Phi) is 3.47. The van der Waals surface area contributed by atoms with E-state index >= 15 is 0 Å². The van der Waals surface area contributed by atoms with Crippen LogP contribution in [0.15, 0.2) is 6.33 Å². The molecule has 0 aliphatic carbocycles. The Morgan fingerprint density at radius 3 is 2.73 bits per heavy atom. The molecule has 1 aromatic heterocycles. The van der Waals surface area contributed by atoms with Gasteiger partial charge in [-0.15, -0.1) is 0 Å². The molecular weight excluding hydrogens is 192 g/mol. The van der Waals surface area contributed by atoms with Crippen LogP contribution in [0.3, 0.4) is 0 Å². The first-order valence-electron chi connectivity index (χ1n) is 4.82. The number of hydrogen-bond acceptors (Lipinski definition) is 5. The maximum Gasteiger partial charge on any atom is 0.134 e. The van der Waals surface area contributed by atoms with Crippen molar-refractivity contribution in [1.82, 2.24) is 9.97 Å². The molecule has 0 saturated carbocycles. The lowest BCUT2D eigenvalue weighted by Crippen LogP contribution is -2.32. The van der Waals surface area contributed by atoms with Crippen molar-refractivity contribution in [1.29, 1.82) is 0 Å². The molecule has 0 fully saturated rings. The minimum atomic E-state index is -0.230. The maximum absolute atomic E-state index is 5.67. The SMILES string of the molecule is COC(C)(C)CNc1ncnc(N)c1C. The van der Waals surface area contributed by atoms with Gasteiger partial charge < -0.3 is 15.8 Å². The van der Waals surface area contributed by atoms with E-state index < -0.39 is 0 Å². The second kappa shape index (κ2) is 4.44. The molecule has 0 unspecified atom stereocenters. The molecule has 0 bridgehead atoms. The molecular formula is C10H18N4O. The van der Waals surface area contributed by atoms with Crippen molar-refractivity contribution in [2.24, 2.45) is 0 Å². The van der Waals surface area contributed by atoms with E-state index in [2.05, 4.69) is 15.3 Å². The van der Waals surface area contributed by atoms with Gasteiger partial charge in [0.15, 0.2) is 0 Å². The van der Waals surface area contributed by atoms with Crippen LogP contribution < -0.4 is 11.1 Å². The number of ether oxygens (including phenoxy) is 1. The smallest absolute Gasteiger partial charge is 0.134 e. The van der Waals surface area contributed by atoms with Crippen LogP contribution in [0.1, 0.15) is 19.4 Å². The van der Waals surface area contributed by atoms with Crippen LogP contribution in [0, 0.1) is 6.92 Å². The lowest BCUT2D eigenvalue weighted by Gasteiger charge is -2.23. The van der Waals surface area contributed by atoms with Gasteiger partial charge in [-0.3, -0.25) is 0 Å². The van der Waals surface area contributed by atoms with Gasteiger partial charge in [-0.05, 0) is 20.8 Å². The van der Waals surface area contributed by atoms with Crippen molar-refractivity contribution < 1.29 is 4.74 Å². The van der Waals surface area contributed by atoms with Crippen LogP contribution in [0.4, 0.5) is 11.6 Å². The Morgan fingerprint density at radius 1 is 1.47 bits per heavy atom. The van der Waals surface area contributed by atoms with Gasteiger partial charge >= 0.3 is 0 Å². The molecule has 0 amide bonds. The standard InChI is InChI=1S/C10H18N4O/c1-7-8(11)13-6-14-9(7)12-5-10(2,3)15-4/h6H,5H2,1-4H3,(H3,11,12,13,14). The van der Waals surface area contributed by atoms with Crippen molar-refractivity contribution in [3.8, 4) is 0 Å². The molecule has 5 heteroatoms. The third kappa shape index (κ3) is 3.06. The molecule has 1 heterocycles. The van der Waals surface area contributed by atoms with Gasteiger partial charge in [0.25, 0.3) is 0 Å². The molecule has 84 valence electrons. The summed E-state index contributed by atoms with van der Waals surface area (Å²) in [4.78, 5) is 8.02. The molecule has 1 aromatic rings. The number of rotatable bonds is 4. The van der Waals surface area contributed by atoms with Crippen LogP contribution in [-0.2, 0) is 4.74 Å². The summed E-state index contributed by atoms with van der Waals surface area (Å²) in [6, 6.07) is 0. The first-order chi connectivity index (χ1) is 6.96. The third-order valence-electron chi connectivity index (χ3n) is 2.36. The average molecular weight is 210 g/mol. The summed E-state index contributed by atoms with van der Waals surface area (Å²) in [5, 5.41) is 3.19. The summed E-state index contributed by atoms with van der Waals surface area (Å²) in [5.74, 6) is 1.26. The van der Waals surface area contributed by atoms with E-state index in [0.29, 0.717) is 12.4 Å². The number of nitrogen functional groups attached to an aromatic ring is 1. The van der Waals surface area contributed by atoms with E-state index in [0.717, 1.165) is 11.4 Å². The lowest BCUT2D eigenvalue weighted by molar-refractivity contribution is 0.0343. The fourth-order valence-electron chi connectivity index (χ4n) is 1.01. The van der Waals surface area contributed by atoms with Crippen molar-refractivity contribution in [3.63, 3.8) is 0 Å². The second-order valence-electron chi connectivity index (χ2n) is 4.05. The normalized spacial score (nSPS) is 11.5. The number of hydrogen-bond donors (Lipinski definition) is 2. The molecule has 0 aliphatic heterocycles. The molecule has 0 aromatic carbocycles. The molecule has 0 aliphatic rings. The summed E-state index contributed by atoms with van der Waals surface area (Å²) in [5.41, 5.74) is 6.31. The number of aromatic nitrogens is 2. The highest BCUT2D eigenvalue weighted by atomic mass is 16.5. The summed E-state index contributed by atoms with van der Waals surface area (Å²) >= 11 is 0. The van der Waals surface area contributed by atoms with Crippen LogP contribution in [-0.4, -0.2) is 29.2 Å². The van der Waals surface area contributed by atoms with E-state index in [1.807, 2.05) is 20.8 Å². The van der Waals surface area contributed by atoms with Crippen molar-refractivity contribution in [2.45, 2.75) is 26.4 Å². The van der Waals surface area contributed by atoms with Crippen LogP contribution in [0.25, 0.3) is 0 Å². The van der Waals surface area contributed by atoms with Gasteiger partial charge in [-0.25, -0.2) is 9.97 Å². The zero-order chi connectivity index (χ0) is 11.5. The van der Waals surface area contributed by atoms with E-state index in [-0.39, 0.29) is 5.60 Å². The second-order valence-corrected chi connectivity index (χ2v) is 4.05. The van der Waals surface area contributed by atoms with Gasteiger partial charge in [-0.1, -0.05) is 0 Å². The van der Waals surface area contributed by atoms with Gasteiger partial charge in [0.1, 0.15) is 18.0 Å². The van der Waals surface area contributed by atoms with Crippen molar-refractivity contribution in [2.75, 3.05) is 24.7 Å². The number of methoxy groups -OCH3 is 1. The molecule has 0 saturated heterocycles. The number of nitrogens with one attached hydrogen (secondary N) is 1. The van der Waals surface area contributed by atoms with E-state index in [4.69, 9.17) is 10.5 Å². The monoisotopic (exact) mass is 210 g/mol. The average Bonchev–Trinajstić information content (AvgIpc) is 2.20. The highest BCUT2D eigenvalue weighted by Gasteiger charge is 2.16. The fourth-order valence-corrected chi connectivity index (χ4v) is 1.01. The minimum absolute atomic E-state index is 0.230. The van der Waals surface area contributed by atoms with Gasteiger partial charge in [0.2, 0.25) is 0 Å². The predicted molar refractivity (Wildman–Crippen MR) is 60.8 cm³/mol. The molecule has 0 atom stereocenters. The molecule has 15 heavy (non-hydrogen) atoms. The predicted octanol–water partition coefficient (Wildman–Crippen LogP) is 1.20. The molecule has 0 spiro atoms. The van der Waals surface area contributed by atoms with Crippen LogP contribution in [0.2, 0.25) is 0 Å². The highest BCUT2D eigenvalue weighted by molar-refractivity contribution is 5.53. The van der Waals surface area contributed by atoms with Crippen LogP contribution in [0.5, 0.6) is 0 Å². The Morgan fingerprint density at radius 2 is 2.13 bits per heavy atom. The molecule has 1 rings (SSSR count). The summed E-state index contributed by atoms with van der Waals surface area (Å²) in [6.45, 7) is 6.55. The zero-order valence-electron chi connectivity index (χ0n) is 9.66. The topological polar surface area (TPSA) is 73.1 Å². The van der Waals surface area contributed by atoms with Crippen molar-refractivity contribution in [3.05, 3.63) is 11.9 Å². The van der Waals surface area contributed by atoms with Gasteiger partial charge in [0, 0.05) is 19.2 Å². The number of anilines is 2. The molecule has 0 radical (unpaired) electrons. The fraction of sp³-hybridized carbons (Fsp3) is 0.600. The first-order valence-corrected chi connectivity index (χ1v) is 4.82. The lowest BCUT2D eigenvalue weighted by atomic mass is 10.1. The minimum Gasteiger partial charge on any atom is -0.383 e. The Balaban J connectivity index is 2.70. The number of nitrogens with two attached hydrogens (primary N) is 1.